The summed E-state index contributed by atoms with van der Waals surface area (Å²) in [6.07, 6.45) is 3.80. The molecule has 1 fully saturated rings. The van der Waals surface area contributed by atoms with Gasteiger partial charge < -0.3 is 4.90 Å². The minimum Gasteiger partial charge on any atom is -0.301 e. The van der Waals surface area contributed by atoms with Crippen LogP contribution in [0.4, 0.5) is 0 Å². The molecular weight excluding hydrogens is 210 g/mol. The van der Waals surface area contributed by atoms with Crippen molar-refractivity contribution in [3.05, 3.63) is 0 Å². The first-order valence-corrected chi connectivity index (χ1v) is 6.87. The van der Waals surface area contributed by atoms with Gasteiger partial charge in [-0.1, -0.05) is 20.3 Å². The fourth-order valence-electron chi connectivity index (χ4n) is 2.42. The molecule has 1 aliphatic rings. The Hall–Kier alpha value is -0.590. The fraction of sp³-hybridized carbons (Fsp3) is 0.929. The van der Waals surface area contributed by atoms with Crippen LogP contribution in [0.25, 0.3) is 0 Å². The van der Waals surface area contributed by atoms with Crippen molar-refractivity contribution in [3.63, 3.8) is 0 Å². The molecule has 1 atom stereocenters. The molecule has 1 aliphatic heterocycles. The van der Waals surface area contributed by atoms with E-state index in [2.05, 4.69) is 44.0 Å². The highest BCUT2D eigenvalue weighted by Gasteiger charge is 2.29. The Morgan fingerprint density at radius 3 is 2.35 bits per heavy atom. The van der Waals surface area contributed by atoms with Gasteiger partial charge in [-0.2, -0.15) is 5.26 Å². The van der Waals surface area contributed by atoms with Gasteiger partial charge in [0.05, 0.1) is 6.07 Å². The molecule has 98 valence electrons. The van der Waals surface area contributed by atoms with Gasteiger partial charge in [-0.15, -0.1) is 0 Å². The molecule has 3 heteroatoms. The van der Waals surface area contributed by atoms with E-state index in [1.165, 1.54) is 19.3 Å². The molecule has 3 nitrogen and oxygen atoms in total. The molecule has 0 aromatic heterocycles. The Morgan fingerprint density at radius 1 is 1.35 bits per heavy atom. The maximum absolute atomic E-state index is 9.12. The van der Waals surface area contributed by atoms with Crippen LogP contribution in [-0.2, 0) is 0 Å². The molecule has 0 aliphatic carbocycles. The lowest BCUT2D eigenvalue weighted by Gasteiger charge is -2.39. The van der Waals surface area contributed by atoms with Gasteiger partial charge in [0, 0.05) is 12.6 Å². The summed E-state index contributed by atoms with van der Waals surface area (Å²) in [6, 6.07) is 2.72. The van der Waals surface area contributed by atoms with Crippen LogP contribution in [0.15, 0.2) is 0 Å². The molecular formula is C14H27N3. The summed E-state index contributed by atoms with van der Waals surface area (Å²) in [5.74, 6) is 0. The highest BCUT2D eigenvalue weighted by Crippen LogP contribution is 2.33. The molecule has 0 aromatic carbocycles. The molecule has 0 spiro atoms. The van der Waals surface area contributed by atoms with E-state index in [-0.39, 0.29) is 6.04 Å². The van der Waals surface area contributed by atoms with Gasteiger partial charge in [0.2, 0.25) is 0 Å². The number of rotatable bonds is 5. The molecule has 0 bridgehead atoms. The van der Waals surface area contributed by atoms with Crippen LogP contribution in [0.3, 0.4) is 0 Å². The largest absolute Gasteiger partial charge is 0.301 e. The summed E-state index contributed by atoms with van der Waals surface area (Å²) >= 11 is 0. The zero-order valence-electron chi connectivity index (χ0n) is 11.8. The van der Waals surface area contributed by atoms with E-state index >= 15 is 0 Å². The highest BCUT2D eigenvalue weighted by molar-refractivity contribution is 4.94. The van der Waals surface area contributed by atoms with Gasteiger partial charge in [-0.05, 0) is 45.2 Å². The highest BCUT2D eigenvalue weighted by atomic mass is 15.2. The van der Waals surface area contributed by atoms with E-state index in [1.54, 1.807) is 0 Å². The van der Waals surface area contributed by atoms with E-state index < -0.39 is 0 Å². The maximum atomic E-state index is 9.12. The number of likely N-dealkylation sites (tertiary alicyclic amines) is 1. The quantitative estimate of drug-likeness (QED) is 0.798. The molecule has 17 heavy (non-hydrogen) atoms. The Labute approximate surface area is 106 Å². The average Bonchev–Trinajstić information content (AvgIpc) is 2.31. The van der Waals surface area contributed by atoms with Gasteiger partial charge >= 0.3 is 0 Å². The zero-order chi connectivity index (χ0) is 12.9. The molecule has 1 unspecified atom stereocenters. The Morgan fingerprint density at radius 2 is 1.94 bits per heavy atom. The van der Waals surface area contributed by atoms with Crippen molar-refractivity contribution in [1.82, 2.24) is 10.2 Å². The molecule has 1 heterocycles. The predicted molar refractivity (Wildman–Crippen MR) is 71.7 cm³/mol. The van der Waals surface area contributed by atoms with Crippen LogP contribution in [0.5, 0.6) is 0 Å². The standard InChI is InChI=1S/C14H27N3/c1-5-14(4)6-8-17(9-7-14)11-13(10-15)16-12(2)3/h12-13,16H,5-9,11H2,1-4H3. The van der Waals surface area contributed by atoms with Crippen molar-refractivity contribution < 1.29 is 0 Å². The second-order valence-corrected chi connectivity index (χ2v) is 5.97. The Bertz CT molecular complexity index is 259. The monoisotopic (exact) mass is 237 g/mol. The smallest absolute Gasteiger partial charge is 0.108 e. The van der Waals surface area contributed by atoms with Crippen molar-refractivity contribution >= 4 is 0 Å². The topological polar surface area (TPSA) is 39.1 Å². The average molecular weight is 237 g/mol. The molecule has 0 radical (unpaired) electrons. The maximum Gasteiger partial charge on any atom is 0.108 e. The summed E-state index contributed by atoms with van der Waals surface area (Å²) in [4.78, 5) is 2.43. The lowest BCUT2D eigenvalue weighted by atomic mass is 9.78. The molecule has 0 saturated carbocycles. The number of nitriles is 1. The SMILES string of the molecule is CCC1(C)CCN(CC(C#N)NC(C)C)CC1. The summed E-state index contributed by atoms with van der Waals surface area (Å²) in [5.41, 5.74) is 0.532. The van der Waals surface area contributed by atoms with Crippen LogP contribution in [0.1, 0.15) is 47.0 Å². The second kappa shape index (κ2) is 6.37. The van der Waals surface area contributed by atoms with Gasteiger partial charge in [-0.25, -0.2) is 0 Å². The predicted octanol–water partition coefficient (Wildman–Crippen LogP) is 2.39. The molecule has 1 saturated heterocycles. The third-order valence-electron chi connectivity index (χ3n) is 4.05. The fourth-order valence-corrected chi connectivity index (χ4v) is 2.42. The minimum atomic E-state index is -0.0269. The third kappa shape index (κ3) is 4.65. The number of hydrogen-bond acceptors (Lipinski definition) is 3. The zero-order valence-corrected chi connectivity index (χ0v) is 11.8. The Kier molecular flexibility index (Phi) is 5.42. The van der Waals surface area contributed by atoms with E-state index in [4.69, 9.17) is 5.26 Å². The third-order valence-corrected chi connectivity index (χ3v) is 4.05. The van der Waals surface area contributed by atoms with Gasteiger partial charge in [0.1, 0.15) is 6.04 Å². The van der Waals surface area contributed by atoms with Crippen LogP contribution >= 0.6 is 0 Å². The van der Waals surface area contributed by atoms with Crippen molar-refractivity contribution in [1.29, 1.82) is 5.26 Å². The number of hydrogen-bond donors (Lipinski definition) is 1. The molecule has 1 rings (SSSR count). The van der Waals surface area contributed by atoms with E-state index in [1.807, 2.05) is 0 Å². The van der Waals surface area contributed by atoms with E-state index in [0.29, 0.717) is 11.5 Å². The van der Waals surface area contributed by atoms with Crippen LogP contribution in [0.2, 0.25) is 0 Å². The second-order valence-electron chi connectivity index (χ2n) is 5.97. The number of nitrogens with one attached hydrogen (secondary N) is 1. The van der Waals surface area contributed by atoms with E-state index in [9.17, 15) is 0 Å². The summed E-state index contributed by atoms with van der Waals surface area (Å²) in [7, 11) is 0. The van der Waals surface area contributed by atoms with Crippen LogP contribution in [-0.4, -0.2) is 36.6 Å². The van der Waals surface area contributed by atoms with Crippen LogP contribution < -0.4 is 5.32 Å². The van der Waals surface area contributed by atoms with Gasteiger partial charge in [0.15, 0.2) is 0 Å². The first-order valence-electron chi connectivity index (χ1n) is 6.87. The summed E-state index contributed by atoms with van der Waals surface area (Å²) in [5, 5.41) is 12.4. The number of nitrogens with zero attached hydrogens (tertiary/aromatic N) is 2. The van der Waals surface area contributed by atoms with Crippen molar-refractivity contribution in [3.8, 4) is 6.07 Å². The molecule has 0 amide bonds. The first-order chi connectivity index (χ1) is 7.99. The molecule has 0 aromatic rings. The Balaban J connectivity index is 2.37. The van der Waals surface area contributed by atoms with Gasteiger partial charge in [-0.3, -0.25) is 5.32 Å². The summed E-state index contributed by atoms with van der Waals surface area (Å²) < 4.78 is 0. The van der Waals surface area contributed by atoms with Crippen molar-refractivity contribution in [2.45, 2.75) is 59.0 Å². The van der Waals surface area contributed by atoms with Crippen LogP contribution in [0, 0.1) is 16.7 Å². The summed E-state index contributed by atoms with van der Waals surface area (Å²) in [6.45, 7) is 12.0. The van der Waals surface area contributed by atoms with Crippen molar-refractivity contribution in [2.24, 2.45) is 5.41 Å². The minimum absolute atomic E-state index is 0.0269. The lowest BCUT2D eigenvalue weighted by molar-refractivity contribution is 0.110. The number of piperidine rings is 1. The first kappa shape index (κ1) is 14.5. The normalized spacial score (nSPS) is 22.4. The van der Waals surface area contributed by atoms with Gasteiger partial charge in [0.25, 0.3) is 0 Å². The lowest BCUT2D eigenvalue weighted by Crippen LogP contribution is -2.47. The van der Waals surface area contributed by atoms with Crippen molar-refractivity contribution in [2.75, 3.05) is 19.6 Å². The van der Waals surface area contributed by atoms with E-state index in [0.717, 1.165) is 19.6 Å². The molecule has 1 N–H and O–H groups in total.